The first-order chi connectivity index (χ1) is 15.9. The Bertz CT molecular complexity index is 1220. The second-order valence-corrected chi connectivity index (χ2v) is 8.50. The summed E-state index contributed by atoms with van der Waals surface area (Å²) in [6.07, 6.45) is 5.75. The summed E-state index contributed by atoms with van der Waals surface area (Å²) in [7, 11) is 0. The van der Waals surface area contributed by atoms with E-state index in [-0.39, 0.29) is 24.7 Å². The fourth-order valence-corrected chi connectivity index (χ4v) is 4.09. The van der Waals surface area contributed by atoms with Crippen LogP contribution in [0.5, 0.6) is 0 Å². The molecule has 0 saturated heterocycles. The molecular formula is C25H26N4O3S. The summed E-state index contributed by atoms with van der Waals surface area (Å²) >= 11 is 0.992. The van der Waals surface area contributed by atoms with Crippen LogP contribution in [0.1, 0.15) is 30.3 Å². The number of nitrogen functional groups attached to an aromatic ring is 1. The van der Waals surface area contributed by atoms with Gasteiger partial charge in [-0.2, -0.15) is 0 Å². The molecule has 0 bridgehead atoms. The summed E-state index contributed by atoms with van der Waals surface area (Å²) < 4.78 is 0. The molecule has 0 spiro atoms. The summed E-state index contributed by atoms with van der Waals surface area (Å²) in [5, 5.41) is 11.5. The molecule has 0 unspecified atom stereocenters. The van der Waals surface area contributed by atoms with Gasteiger partial charge in [0.25, 0.3) is 0 Å². The van der Waals surface area contributed by atoms with E-state index in [1.807, 2.05) is 42.5 Å². The number of aliphatic hydroxyl groups is 1. The van der Waals surface area contributed by atoms with E-state index < -0.39 is 0 Å². The average molecular weight is 463 g/mol. The van der Waals surface area contributed by atoms with Gasteiger partial charge in [0.1, 0.15) is 11.6 Å². The number of carbonyl (C=O) groups excluding carboxylic acids is 2. The number of benzene rings is 2. The Balaban J connectivity index is 1.76. The highest BCUT2D eigenvalue weighted by Gasteiger charge is 2.16. The number of allylic oxidation sites excluding steroid dienone is 1. The molecule has 33 heavy (non-hydrogen) atoms. The Morgan fingerprint density at radius 2 is 1.97 bits per heavy atom. The standard InChI is InChI=1S/C25H26N4O3S/c1-17(29(16-31)15-22-14-27-18(2)28-25(22)26)23(11-12-30)33-24(32)10-8-19-7-9-20-5-3-4-6-21(20)13-19/h3-10,13-14,16,30H,11-12,15H2,1-2H3,(H2,26,27,28)/b10-8+,23-17-. The van der Waals surface area contributed by atoms with Gasteiger partial charge in [-0.3, -0.25) is 9.59 Å². The van der Waals surface area contributed by atoms with E-state index in [2.05, 4.69) is 9.97 Å². The van der Waals surface area contributed by atoms with Crippen molar-refractivity contribution in [2.75, 3.05) is 12.3 Å². The van der Waals surface area contributed by atoms with Crippen molar-refractivity contribution in [3.8, 4) is 0 Å². The lowest BCUT2D eigenvalue weighted by Crippen LogP contribution is -2.22. The zero-order valence-corrected chi connectivity index (χ0v) is 19.4. The van der Waals surface area contributed by atoms with E-state index in [1.54, 1.807) is 26.1 Å². The van der Waals surface area contributed by atoms with Crippen molar-refractivity contribution in [1.82, 2.24) is 14.9 Å². The van der Waals surface area contributed by atoms with E-state index in [0.29, 0.717) is 34.2 Å². The van der Waals surface area contributed by atoms with Gasteiger partial charge in [0, 0.05) is 35.4 Å². The summed E-state index contributed by atoms with van der Waals surface area (Å²) in [6, 6.07) is 14.0. The van der Waals surface area contributed by atoms with Crippen LogP contribution in [-0.4, -0.2) is 38.1 Å². The topological polar surface area (TPSA) is 109 Å². The number of anilines is 1. The number of thioether (sulfide) groups is 1. The smallest absolute Gasteiger partial charge is 0.216 e. The van der Waals surface area contributed by atoms with Crippen molar-refractivity contribution >= 4 is 46.0 Å². The molecule has 8 heteroatoms. The number of nitrogens with two attached hydrogens (primary N) is 1. The molecule has 3 rings (SSSR count). The van der Waals surface area contributed by atoms with Crippen LogP contribution in [0.25, 0.3) is 16.8 Å². The predicted molar refractivity (Wildman–Crippen MR) is 133 cm³/mol. The maximum Gasteiger partial charge on any atom is 0.216 e. The highest BCUT2D eigenvalue weighted by molar-refractivity contribution is 8.17. The molecule has 0 fully saturated rings. The fraction of sp³-hybridized carbons (Fsp3) is 0.200. The number of aromatic nitrogens is 2. The molecule has 170 valence electrons. The molecule has 3 N–H and O–H groups in total. The quantitative estimate of drug-likeness (QED) is 0.364. The number of hydrogen-bond donors (Lipinski definition) is 2. The van der Waals surface area contributed by atoms with Gasteiger partial charge in [-0.25, -0.2) is 9.97 Å². The van der Waals surface area contributed by atoms with Gasteiger partial charge in [-0.1, -0.05) is 42.5 Å². The van der Waals surface area contributed by atoms with Crippen LogP contribution < -0.4 is 5.73 Å². The number of fused-ring (bicyclic) bond motifs is 1. The van der Waals surface area contributed by atoms with E-state index in [0.717, 1.165) is 28.1 Å². The van der Waals surface area contributed by atoms with E-state index in [1.165, 1.54) is 11.0 Å². The van der Waals surface area contributed by atoms with Crippen LogP contribution in [0.3, 0.4) is 0 Å². The molecule has 0 radical (unpaired) electrons. The van der Waals surface area contributed by atoms with Crippen molar-refractivity contribution in [2.24, 2.45) is 0 Å². The van der Waals surface area contributed by atoms with Gasteiger partial charge in [-0.05, 0) is 54.1 Å². The molecule has 7 nitrogen and oxygen atoms in total. The van der Waals surface area contributed by atoms with Gasteiger partial charge in [-0.15, -0.1) is 0 Å². The van der Waals surface area contributed by atoms with Crippen LogP contribution in [-0.2, 0) is 16.1 Å². The molecule has 3 aromatic rings. The summed E-state index contributed by atoms with van der Waals surface area (Å²) in [5.41, 5.74) is 8.03. The van der Waals surface area contributed by atoms with Gasteiger partial charge >= 0.3 is 0 Å². The number of hydrogen-bond acceptors (Lipinski definition) is 7. The Kier molecular flexibility index (Phi) is 8.34. The molecule has 1 heterocycles. The van der Waals surface area contributed by atoms with Crippen molar-refractivity contribution in [1.29, 1.82) is 0 Å². The Labute approximate surface area is 197 Å². The second-order valence-electron chi connectivity index (χ2n) is 7.40. The largest absolute Gasteiger partial charge is 0.396 e. The summed E-state index contributed by atoms with van der Waals surface area (Å²) in [4.78, 5) is 34.7. The Morgan fingerprint density at radius 3 is 2.67 bits per heavy atom. The Morgan fingerprint density at radius 1 is 1.21 bits per heavy atom. The molecule has 1 amide bonds. The molecule has 1 aromatic heterocycles. The van der Waals surface area contributed by atoms with Crippen molar-refractivity contribution in [2.45, 2.75) is 26.8 Å². The van der Waals surface area contributed by atoms with Crippen LogP contribution in [0.15, 0.2) is 65.3 Å². The lowest BCUT2D eigenvalue weighted by molar-refractivity contribution is -0.117. The lowest BCUT2D eigenvalue weighted by atomic mass is 10.1. The minimum absolute atomic E-state index is 0.149. The zero-order chi connectivity index (χ0) is 23.8. The van der Waals surface area contributed by atoms with Crippen LogP contribution in [0.2, 0.25) is 0 Å². The molecule has 0 aliphatic rings. The lowest BCUT2D eigenvalue weighted by Gasteiger charge is -2.21. The van der Waals surface area contributed by atoms with E-state index in [9.17, 15) is 14.7 Å². The number of nitrogens with zero attached hydrogens (tertiary/aromatic N) is 3. The average Bonchev–Trinajstić information content (AvgIpc) is 2.81. The molecule has 0 saturated carbocycles. The van der Waals surface area contributed by atoms with Crippen LogP contribution in [0, 0.1) is 6.92 Å². The van der Waals surface area contributed by atoms with E-state index in [4.69, 9.17) is 5.73 Å². The van der Waals surface area contributed by atoms with Crippen molar-refractivity contribution in [3.05, 3.63) is 82.3 Å². The maximum absolute atomic E-state index is 12.6. The number of rotatable bonds is 9. The van der Waals surface area contributed by atoms with Gasteiger partial charge in [0.15, 0.2) is 0 Å². The first kappa shape index (κ1) is 24.2. The minimum Gasteiger partial charge on any atom is -0.396 e. The van der Waals surface area contributed by atoms with Crippen molar-refractivity contribution < 1.29 is 14.7 Å². The first-order valence-corrected chi connectivity index (χ1v) is 11.2. The number of amides is 1. The minimum atomic E-state index is -0.199. The summed E-state index contributed by atoms with van der Waals surface area (Å²) in [6.45, 7) is 3.48. The normalized spacial score (nSPS) is 12.1. The molecule has 0 atom stereocenters. The highest BCUT2D eigenvalue weighted by atomic mass is 32.2. The number of aryl methyl sites for hydroxylation is 1. The molecule has 0 aliphatic heterocycles. The monoisotopic (exact) mass is 462 g/mol. The van der Waals surface area contributed by atoms with E-state index >= 15 is 0 Å². The first-order valence-electron chi connectivity index (χ1n) is 10.4. The molecule has 0 aliphatic carbocycles. The fourth-order valence-electron chi connectivity index (χ4n) is 3.25. The van der Waals surface area contributed by atoms with Crippen LogP contribution in [0.4, 0.5) is 5.82 Å². The van der Waals surface area contributed by atoms with Gasteiger partial charge in [0.2, 0.25) is 11.5 Å². The third-order valence-corrected chi connectivity index (χ3v) is 6.15. The SMILES string of the molecule is C/C(=C(\CCO)SC(=O)/C=C/c1ccc2ccccc2c1)N(C=O)Cc1cnc(C)nc1N. The third kappa shape index (κ3) is 6.50. The summed E-state index contributed by atoms with van der Waals surface area (Å²) in [5.74, 6) is 0.842. The Hall–Kier alpha value is -3.49. The molecule has 2 aromatic carbocycles. The number of aliphatic hydroxyl groups excluding tert-OH is 1. The van der Waals surface area contributed by atoms with Crippen LogP contribution >= 0.6 is 11.8 Å². The number of carbonyl (C=O) groups is 2. The van der Waals surface area contributed by atoms with Crippen molar-refractivity contribution in [3.63, 3.8) is 0 Å². The third-order valence-electron chi connectivity index (χ3n) is 5.07. The second kappa shape index (κ2) is 11.4. The van der Waals surface area contributed by atoms with Gasteiger partial charge < -0.3 is 15.7 Å². The highest BCUT2D eigenvalue weighted by Crippen LogP contribution is 2.28. The zero-order valence-electron chi connectivity index (χ0n) is 18.6. The van der Waals surface area contributed by atoms with Gasteiger partial charge in [0.05, 0.1) is 6.54 Å². The predicted octanol–water partition coefficient (Wildman–Crippen LogP) is 4.07. The maximum atomic E-state index is 12.6. The molecular weight excluding hydrogens is 436 g/mol.